The summed E-state index contributed by atoms with van der Waals surface area (Å²) in [6.45, 7) is 7.58. The molecule has 1 aromatic heterocycles. The van der Waals surface area contributed by atoms with Gasteiger partial charge in [-0.15, -0.1) is 24.0 Å². The van der Waals surface area contributed by atoms with E-state index >= 15 is 0 Å². The van der Waals surface area contributed by atoms with Crippen LogP contribution in [0.5, 0.6) is 0 Å². The van der Waals surface area contributed by atoms with E-state index in [1.807, 2.05) is 42.7 Å². The van der Waals surface area contributed by atoms with Crippen LogP contribution in [0.15, 0.2) is 28.9 Å². The fourth-order valence-corrected chi connectivity index (χ4v) is 2.00. The van der Waals surface area contributed by atoms with Crippen LogP contribution >= 0.6 is 47.2 Å². The van der Waals surface area contributed by atoms with Crippen LogP contribution in [0, 0.1) is 0 Å². The maximum atomic E-state index is 5.98. The molecule has 0 aromatic carbocycles. The van der Waals surface area contributed by atoms with Crippen molar-refractivity contribution in [2.24, 2.45) is 12.0 Å². The summed E-state index contributed by atoms with van der Waals surface area (Å²) >= 11 is 11.7. The molecule has 1 N–H and O–H groups in total. The lowest BCUT2D eigenvalue weighted by Crippen LogP contribution is -2.38. The Kier molecular flexibility index (Phi) is 9.33. The number of aliphatic imine (C=N–C) groups is 1. The van der Waals surface area contributed by atoms with Crippen molar-refractivity contribution in [3.05, 3.63) is 34.6 Å². The van der Waals surface area contributed by atoms with E-state index in [0.29, 0.717) is 18.1 Å². The minimum Gasteiger partial charge on any atom is -0.357 e. The Hall–Kier alpha value is -0.400. The Balaban J connectivity index is 0.00000361. The highest BCUT2D eigenvalue weighted by molar-refractivity contribution is 14.0. The summed E-state index contributed by atoms with van der Waals surface area (Å²) in [5.74, 6) is 0.793. The predicted molar refractivity (Wildman–Crippen MR) is 98.3 cm³/mol. The van der Waals surface area contributed by atoms with Gasteiger partial charge in [0, 0.05) is 37.6 Å². The summed E-state index contributed by atoms with van der Waals surface area (Å²) in [5.41, 5.74) is 1.11. The Labute approximate surface area is 147 Å². The smallest absolute Gasteiger partial charge is 0.194 e. The van der Waals surface area contributed by atoms with Crippen molar-refractivity contribution in [1.29, 1.82) is 0 Å². The highest BCUT2D eigenvalue weighted by Crippen LogP contribution is 2.14. The lowest BCUT2D eigenvalue weighted by molar-refractivity contribution is 0.463. The molecule has 1 heterocycles. The van der Waals surface area contributed by atoms with Gasteiger partial charge < -0.3 is 14.8 Å². The zero-order chi connectivity index (χ0) is 14.4. The second kappa shape index (κ2) is 9.52. The molecule has 114 valence electrons. The van der Waals surface area contributed by atoms with Gasteiger partial charge in [-0.2, -0.15) is 0 Å². The number of nitrogens with one attached hydrogen (secondary N) is 1. The van der Waals surface area contributed by atoms with E-state index in [1.54, 1.807) is 0 Å². The quantitative estimate of drug-likeness (QED) is 0.440. The molecule has 1 aromatic rings. The van der Waals surface area contributed by atoms with Crippen molar-refractivity contribution in [1.82, 2.24) is 14.8 Å². The number of hydrogen-bond donors (Lipinski definition) is 1. The van der Waals surface area contributed by atoms with Crippen molar-refractivity contribution >= 4 is 53.1 Å². The first-order chi connectivity index (χ1) is 8.93. The standard InChI is InChI=1S/C13H20Cl2N4.HI/c1-5-16-13(17-7-10(2)14)19(4)9-12-6-11(15)8-18(12)3;/h6,8H,2,5,7,9H2,1,3-4H3,(H,16,17);1H. The Bertz CT molecular complexity index is 471. The van der Waals surface area contributed by atoms with Gasteiger partial charge in [0.2, 0.25) is 0 Å². The van der Waals surface area contributed by atoms with Gasteiger partial charge in [-0.3, -0.25) is 0 Å². The molecule has 0 saturated heterocycles. The van der Waals surface area contributed by atoms with Crippen molar-refractivity contribution in [2.75, 3.05) is 20.1 Å². The zero-order valence-corrected chi connectivity index (χ0v) is 15.8. The minimum atomic E-state index is 0. The third-order valence-corrected chi connectivity index (χ3v) is 2.90. The molecule has 0 spiro atoms. The van der Waals surface area contributed by atoms with Gasteiger partial charge in [-0.1, -0.05) is 29.8 Å². The number of guanidine groups is 1. The number of aromatic nitrogens is 1. The third-order valence-electron chi connectivity index (χ3n) is 2.57. The van der Waals surface area contributed by atoms with Crippen molar-refractivity contribution in [3.8, 4) is 0 Å². The molecule has 7 heteroatoms. The Morgan fingerprint density at radius 2 is 2.20 bits per heavy atom. The van der Waals surface area contributed by atoms with Crippen molar-refractivity contribution in [2.45, 2.75) is 13.5 Å². The van der Waals surface area contributed by atoms with Crippen LogP contribution in [0.3, 0.4) is 0 Å². The first kappa shape index (κ1) is 19.6. The van der Waals surface area contributed by atoms with E-state index < -0.39 is 0 Å². The predicted octanol–water partition coefficient (Wildman–Crippen LogP) is 3.45. The van der Waals surface area contributed by atoms with Gasteiger partial charge in [-0.05, 0) is 13.0 Å². The molecular formula is C13H21Cl2IN4. The molecular weight excluding hydrogens is 410 g/mol. The maximum Gasteiger partial charge on any atom is 0.194 e. The molecule has 0 fully saturated rings. The molecule has 0 atom stereocenters. The third kappa shape index (κ3) is 6.37. The monoisotopic (exact) mass is 430 g/mol. The fourth-order valence-electron chi connectivity index (χ4n) is 1.67. The number of hydrogen-bond acceptors (Lipinski definition) is 1. The van der Waals surface area contributed by atoms with Crippen LogP contribution in [-0.2, 0) is 13.6 Å². The molecule has 0 saturated carbocycles. The summed E-state index contributed by atoms with van der Waals surface area (Å²) in [7, 11) is 3.94. The van der Waals surface area contributed by atoms with Crippen LogP contribution in [0.2, 0.25) is 5.02 Å². The van der Waals surface area contributed by atoms with Crippen molar-refractivity contribution < 1.29 is 0 Å². The molecule has 0 bridgehead atoms. The summed E-state index contributed by atoms with van der Waals surface area (Å²) in [6, 6.07) is 1.95. The molecule has 4 nitrogen and oxygen atoms in total. The molecule has 1 rings (SSSR count). The topological polar surface area (TPSA) is 32.6 Å². The maximum absolute atomic E-state index is 5.98. The molecule has 0 unspecified atom stereocenters. The zero-order valence-electron chi connectivity index (χ0n) is 12.0. The normalized spacial score (nSPS) is 10.9. The molecule has 0 aliphatic rings. The number of rotatable bonds is 5. The van der Waals surface area contributed by atoms with E-state index in [9.17, 15) is 0 Å². The number of aryl methyl sites for hydroxylation is 1. The van der Waals surface area contributed by atoms with Gasteiger partial charge in [-0.25, -0.2) is 4.99 Å². The SMILES string of the molecule is C=C(Cl)CN=C(NCC)N(C)Cc1cc(Cl)cn1C.I. The molecule has 0 amide bonds. The van der Waals surface area contributed by atoms with Crippen LogP contribution in [0.25, 0.3) is 0 Å². The Morgan fingerprint density at radius 1 is 1.55 bits per heavy atom. The highest BCUT2D eigenvalue weighted by atomic mass is 127. The van der Waals surface area contributed by atoms with Crippen LogP contribution < -0.4 is 5.32 Å². The summed E-state index contributed by atoms with van der Waals surface area (Å²) in [4.78, 5) is 6.43. The van der Waals surface area contributed by atoms with Crippen LogP contribution in [0.4, 0.5) is 0 Å². The van der Waals surface area contributed by atoms with E-state index in [4.69, 9.17) is 23.2 Å². The van der Waals surface area contributed by atoms with Gasteiger partial charge in [0.25, 0.3) is 0 Å². The fraction of sp³-hybridized carbons (Fsp3) is 0.462. The first-order valence-corrected chi connectivity index (χ1v) is 6.83. The summed E-state index contributed by atoms with van der Waals surface area (Å²) in [5, 5.41) is 4.48. The molecule has 20 heavy (non-hydrogen) atoms. The first-order valence-electron chi connectivity index (χ1n) is 6.07. The average Bonchev–Trinajstić information content (AvgIpc) is 2.62. The summed E-state index contributed by atoms with van der Waals surface area (Å²) in [6.07, 6.45) is 1.88. The molecule has 0 aliphatic heterocycles. The average molecular weight is 431 g/mol. The van der Waals surface area contributed by atoms with Gasteiger partial charge in [0.1, 0.15) is 0 Å². The molecule has 0 radical (unpaired) electrons. The minimum absolute atomic E-state index is 0. The lowest BCUT2D eigenvalue weighted by atomic mass is 10.4. The van der Waals surface area contributed by atoms with E-state index in [0.717, 1.165) is 23.2 Å². The number of halogens is 3. The van der Waals surface area contributed by atoms with E-state index in [1.165, 1.54) is 0 Å². The van der Waals surface area contributed by atoms with Crippen LogP contribution in [0.1, 0.15) is 12.6 Å². The van der Waals surface area contributed by atoms with Gasteiger partial charge in [0.05, 0.1) is 18.1 Å². The van der Waals surface area contributed by atoms with Crippen LogP contribution in [-0.4, -0.2) is 35.6 Å². The summed E-state index contributed by atoms with van der Waals surface area (Å²) < 4.78 is 2.00. The largest absolute Gasteiger partial charge is 0.357 e. The second-order valence-electron chi connectivity index (χ2n) is 4.30. The Morgan fingerprint density at radius 3 is 2.65 bits per heavy atom. The van der Waals surface area contributed by atoms with E-state index in [2.05, 4.69) is 16.9 Å². The van der Waals surface area contributed by atoms with Gasteiger partial charge in [0.15, 0.2) is 5.96 Å². The van der Waals surface area contributed by atoms with E-state index in [-0.39, 0.29) is 24.0 Å². The second-order valence-corrected chi connectivity index (χ2v) is 5.28. The highest BCUT2D eigenvalue weighted by Gasteiger charge is 2.09. The van der Waals surface area contributed by atoms with Crippen molar-refractivity contribution in [3.63, 3.8) is 0 Å². The number of nitrogens with zero attached hydrogens (tertiary/aromatic N) is 3. The molecule has 0 aliphatic carbocycles. The lowest BCUT2D eigenvalue weighted by Gasteiger charge is -2.22. The van der Waals surface area contributed by atoms with Gasteiger partial charge >= 0.3 is 0 Å².